The van der Waals surface area contributed by atoms with Crippen molar-refractivity contribution in [3.63, 3.8) is 0 Å². The van der Waals surface area contributed by atoms with Crippen LogP contribution in [0.25, 0.3) is 32.7 Å². The number of pyridine rings is 2. The zero-order chi connectivity index (χ0) is 25.7. The summed E-state index contributed by atoms with van der Waals surface area (Å²) in [6.07, 6.45) is -0.534. The lowest BCUT2D eigenvalue weighted by Gasteiger charge is -2.43. The molecule has 0 N–H and O–H groups in total. The minimum absolute atomic E-state index is 0.147. The van der Waals surface area contributed by atoms with Gasteiger partial charge in [0.1, 0.15) is 12.8 Å². The summed E-state index contributed by atoms with van der Waals surface area (Å²) in [6, 6.07) is 13.9. The van der Waals surface area contributed by atoms with Gasteiger partial charge in [0, 0.05) is 21.4 Å². The van der Waals surface area contributed by atoms with E-state index in [9.17, 15) is 15.1 Å². The number of nitrogens with zero attached hydrogens (tertiary/aromatic N) is 5. The van der Waals surface area contributed by atoms with Gasteiger partial charge in [0.05, 0.1) is 22.5 Å². The van der Waals surface area contributed by atoms with Crippen LogP contribution in [-0.4, -0.2) is 23.8 Å². The minimum atomic E-state index is -2.28. The maximum absolute atomic E-state index is 14.0. The smallest absolute Gasteiger partial charge is 0.342 e. The molecule has 0 fully saturated rings. The second-order valence-corrected chi connectivity index (χ2v) is 14.1. The Bertz CT molecular complexity index is 1480. The van der Waals surface area contributed by atoms with Gasteiger partial charge in [-0.3, -0.25) is 9.36 Å². The van der Waals surface area contributed by atoms with Gasteiger partial charge >= 0.3 is 5.97 Å². The number of fused-ring (bicyclic) bond motifs is 5. The molecule has 9 nitrogen and oxygen atoms in total. The van der Waals surface area contributed by atoms with E-state index in [1.54, 1.807) is 0 Å². The molecule has 36 heavy (non-hydrogen) atoms. The first-order valence-electron chi connectivity index (χ1n) is 12.5. The van der Waals surface area contributed by atoms with E-state index in [1.807, 2.05) is 43.3 Å². The highest BCUT2D eigenvalue weighted by Crippen LogP contribution is 2.46. The molecule has 0 amide bonds. The molecule has 1 aromatic carbocycles. The number of benzene rings is 1. The van der Waals surface area contributed by atoms with Crippen LogP contribution in [0.2, 0.25) is 18.1 Å². The number of rotatable bonds is 7. The molecule has 2 aromatic heterocycles. The van der Waals surface area contributed by atoms with Gasteiger partial charge in [-0.1, -0.05) is 51.0 Å². The first-order chi connectivity index (χ1) is 17.4. The number of carbonyl (C=O) groups is 1. The number of carbonyl (C=O) groups excluding carboxylic acids is 1. The van der Waals surface area contributed by atoms with Crippen LogP contribution in [0.3, 0.4) is 0 Å². The summed E-state index contributed by atoms with van der Waals surface area (Å²) in [5.41, 5.74) is 11.0. The predicted molar refractivity (Wildman–Crippen MR) is 139 cm³/mol. The van der Waals surface area contributed by atoms with Gasteiger partial charge in [0.2, 0.25) is 0 Å². The van der Waals surface area contributed by atoms with Crippen LogP contribution in [0.1, 0.15) is 57.0 Å². The van der Waals surface area contributed by atoms with Crippen LogP contribution in [0, 0.1) is 0 Å². The number of esters is 1. The van der Waals surface area contributed by atoms with Crippen LogP contribution in [-0.2, 0) is 26.2 Å². The summed E-state index contributed by atoms with van der Waals surface area (Å²) in [7, 11) is -2.28. The molecule has 0 unspecified atom stereocenters. The third-order valence-corrected chi connectivity index (χ3v) is 12.6. The highest BCUT2D eigenvalue weighted by Gasteiger charge is 2.52. The lowest BCUT2D eigenvalue weighted by Crippen LogP contribution is -2.53. The number of hydrogen-bond acceptors (Lipinski definition) is 6. The van der Waals surface area contributed by atoms with Crippen LogP contribution in [0.5, 0.6) is 0 Å². The van der Waals surface area contributed by atoms with Crippen molar-refractivity contribution < 1.29 is 14.0 Å². The summed E-state index contributed by atoms with van der Waals surface area (Å²) in [4.78, 5) is 35.2. The average molecular weight is 504 g/mol. The molecule has 10 heteroatoms. The number of para-hydroxylation sites is 1. The summed E-state index contributed by atoms with van der Waals surface area (Å²) in [5.74, 6) is -0.453. The maximum atomic E-state index is 14.0. The Morgan fingerprint density at radius 2 is 1.92 bits per heavy atom. The third kappa shape index (κ3) is 3.32. The second-order valence-electron chi connectivity index (χ2n) is 9.40. The molecule has 186 valence electrons. The molecule has 2 atom stereocenters. The molecule has 0 bridgehead atoms. The molecule has 0 saturated heterocycles. The normalized spacial score (nSPS) is 20.3. The number of cyclic esters (lactones) is 1. The van der Waals surface area contributed by atoms with E-state index in [0.717, 1.165) is 29.0 Å². The zero-order valence-electron chi connectivity index (χ0n) is 20.9. The van der Waals surface area contributed by atoms with E-state index in [0.29, 0.717) is 34.5 Å². The van der Waals surface area contributed by atoms with E-state index < -0.39 is 26.1 Å². The van der Waals surface area contributed by atoms with E-state index in [-0.39, 0.29) is 12.2 Å². The number of aromatic nitrogens is 2. The van der Waals surface area contributed by atoms with Gasteiger partial charge in [-0.2, -0.15) is 0 Å². The largest absolute Gasteiger partial charge is 0.458 e. The molecule has 0 aliphatic carbocycles. The second kappa shape index (κ2) is 8.88. The van der Waals surface area contributed by atoms with Gasteiger partial charge in [-0.15, -0.1) is 0 Å². The van der Waals surface area contributed by atoms with Crippen LogP contribution in [0.4, 0.5) is 0 Å². The number of azide groups is 1. The summed E-state index contributed by atoms with van der Waals surface area (Å²) in [5, 5.41) is 4.85. The standard InChI is InChI=1S/C26H29N5O4Si/c1-5-26(35-36(6-2,7-3)8-4)19-14-21-22-17(13-16-11-9-10-12-20(16)28-22)23(29-30-27)31(21)24(32)18(19)15-34-25(26)33/h9-14,23H,5-8,15H2,1-4H3/t23-,26+/m1/s1. The quantitative estimate of drug-likeness (QED) is 0.130. The van der Waals surface area contributed by atoms with E-state index >= 15 is 0 Å². The Kier molecular flexibility index (Phi) is 5.98. The lowest BCUT2D eigenvalue weighted by atomic mass is 9.86. The molecule has 4 heterocycles. The predicted octanol–water partition coefficient (Wildman–Crippen LogP) is 5.92. The summed E-state index contributed by atoms with van der Waals surface area (Å²) in [6.45, 7) is 8.05. The van der Waals surface area contributed by atoms with Crippen LogP contribution >= 0.6 is 0 Å². The van der Waals surface area contributed by atoms with Gasteiger partial charge in [-0.25, -0.2) is 9.78 Å². The molecule has 0 saturated carbocycles. The first-order valence-corrected chi connectivity index (χ1v) is 15.0. The molecule has 0 radical (unpaired) electrons. The highest BCUT2D eigenvalue weighted by molar-refractivity contribution is 6.73. The van der Waals surface area contributed by atoms with Gasteiger partial charge in [0.15, 0.2) is 13.9 Å². The maximum Gasteiger partial charge on any atom is 0.342 e. The monoisotopic (exact) mass is 503 g/mol. The highest BCUT2D eigenvalue weighted by atomic mass is 28.4. The van der Waals surface area contributed by atoms with Crippen molar-refractivity contribution in [1.82, 2.24) is 9.55 Å². The van der Waals surface area contributed by atoms with Crippen molar-refractivity contribution in [3.05, 3.63) is 73.9 Å². The first kappa shape index (κ1) is 24.2. The van der Waals surface area contributed by atoms with E-state index in [4.69, 9.17) is 14.1 Å². The fourth-order valence-corrected chi connectivity index (χ4v) is 8.64. The number of hydrogen-bond donors (Lipinski definition) is 0. The Morgan fingerprint density at radius 1 is 1.19 bits per heavy atom. The molecular weight excluding hydrogens is 474 g/mol. The number of ether oxygens (including phenoxy) is 1. The van der Waals surface area contributed by atoms with Crippen molar-refractivity contribution in [2.45, 2.75) is 70.6 Å². The van der Waals surface area contributed by atoms with Crippen LogP contribution in [0.15, 0.2) is 46.3 Å². The molecule has 2 aliphatic rings. The van der Waals surface area contributed by atoms with Gasteiger partial charge in [-0.05, 0) is 48.3 Å². The molecule has 3 aromatic rings. The Morgan fingerprint density at radius 3 is 2.58 bits per heavy atom. The molecule has 2 aliphatic heterocycles. The van der Waals surface area contributed by atoms with Crippen molar-refractivity contribution in [1.29, 1.82) is 0 Å². The summed E-state index contributed by atoms with van der Waals surface area (Å²) >= 11 is 0. The fraction of sp³-hybridized carbons (Fsp3) is 0.423. The van der Waals surface area contributed by atoms with E-state index in [2.05, 4.69) is 30.8 Å². The lowest BCUT2D eigenvalue weighted by molar-refractivity contribution is -0.170. The SMILES string of the molecule is CC[C@@]1(O[Si](CC)(CC)CC)C(=O)OCc2c1cc1n(c2=O)[C@@H](N=[N+]=[N-])c2cc3ccccc3nc2-1. The molecule has 5 rings (SSSR count). The molecule has 0 spiro atoms. The Labute approximate surface area is 209 Å². The third-order valence-electron chi connectivity index (χ3n) is 7.96. The van der Waals surface area contributed by atoms with E-state index in [1.165, 1.54) is 4.57 Å². The van der Waals surface area contributed by atoms with Crippen molar-refractivity contribution in [2.75, 3.05) is 0 Å². The average Bonchev–Trinajstić information content (AvgIpc) is 3.20. The Hall–Kier alpha value is -3.46. The fourth-order valence-electron chi connectivity index (χ4n) is 5.63. The van der Waals surface area contributed by atoms with Gasteiger partial charge in [0.25, 0.3) is 5.56 Å². The molecular formula is C26H29N5O4Si. The van der Waals surface area contributed by atoms with Crippen LogP contribution < -0.4 is 5.56 Å². The topological polar surface area (TPSA) is 119 Å². The summed E-state index contributed by atoms with van der Waals surface area (Å²) < 4.78 is 13.9. The Balaban J connectivity index is 1.82. The van der Waals surface area contributed by atoms with Gasteiger partial charge < -0.3 is 9.16 Å². The van der Waals surface area contributed by atoms with Crippen molar-refractivity contribution in [3.8, 4) is 11.4 Å². The minimum Gasteiger partial charge on any atom is -0.458 e. The van der Waals surface area contributed by atoms with Crippen molar-refractivity contribution in [2.24, 2.45) is 5.11 Å². The zero-order valence-corrected chi connectivity index (χ0v) is 21.9. The van der Waals surface area contributed by atoms with Crippen molar-refractivity contribution >= 4 is 25.2 Å².